The van der Waals surface area contributed by atoms with Gasteiger partial charge in [-0.25, -0.2) is 9.13 Å². The van der Waals surface area contributed by atoms with Crippen LogP contribution in [0.1, 0.15) is 427 Å². The zero-order valence-corrected chi connectivity index (χ0v) is 68.2. The molecule has 0 aromatic heterocycles. The molecule has 0 aliphatic rings. The van der Waals surface area contributed by atoms with E-state index in [1.165, 1.54) is 238 Å². The maximum Gasteiger partial charge on any atom is 0.472 e. The molecule has 0 aliphatic heterocycles. The lowest BCUT2D eigenvalue weighted by Gasteiger charge is -2.21. The van der Waals surface area contributed by atoms with Crippen LogP contribution in [0.25, 0.3) is 0 Å². The molecule has 0 spiro atoms. The Morgan fingerprint density at radius 3 is 0.673 bits per heavy atom. The highest BCUT2D eigenvalue weighted by Crippen LogP contribution is 2.45. The number of aliphatic hydroxyl groups is 1. The first-order chi connectivity index (χ1) is 48.7. The van der Waals surface area contributed by atoms with Gasteiger partial charge >= 0.3 is 39.5 Å². The lowest BCUT2D eigenvalue weighted by molar-refractivity contribution is -0.161. The van der Waals surface area contributed by atoms with Gasteiger partial charge in [-0.3, -0.25) is 37.3 Å². The van der Waals surface area contributed by atoms with Crippen LogP contribution in [0.15, 0.2) is 0 Å². The van der Waals surface area contributed by atoms with Gasteiger partial charge in [0.05, 0.1) is 26.4 Å². The molecular formula is C82H160O17P2. The standard InChI is InChI=1S/C82H160O17P2/c1-8-9-10-11-12-13-14-15-16-17-18-19-24-29-36-44-51-58-65-81(86)98-77(69-92-79(84)63-56-49-42-35-28-23-21-20-22-26-32-39-46-53-60-73(2)3)71-96-100(88,89)94-67-76(83)68-95-101(90,91)97-72-78(70-93-80(85)64-57-50-43-38-31-34-41-48-55-62-75(6)7)99-82(87)66-59-52-45-37-30-25-27-33-40-47-54-61-74(4)5/h73-78,83H,8-72H2,1-7H3,(H,88,89)(H,90,91)/t76-,77-,78-/m1/s1. The summed E-state index contributed by atoms with van der Waals surface area (Å²) in [6.45, 7) is 12.0. The van der Waals surface area contributed by atoms with Crippen molar-refractivity contribution in [2.45, 2.75) is 446 Å². The van der Waals surface area contributed by atoms with Gasteiger partial charge in [-0.15, -0.1) is 0 Å². The fourth-order valence-electron chi connectivity index (χ4n) is 12.7. The van der Waals surface area contributed by atoms with E-state index in [-0.39, 0.29) is 25.7 Å². The number of carbonyl (C=O) groups excluding carboxylic acids is 4. The molecule has 101 heavy (non-hydrogen) atoms. The van der Waals surface area contributed by atoms with E-state index < -0.39 is 97.5 Å². The van der Waals surface area contributed by atoms with Crippen molar-refractivity contribution in [2.24, 2.45) is 17.8 Å². The minimum Gasteiger partial charge on any atom is -0.462 e. The molecule has 0 saturated heterocycles. The fourth-order valence-corrected chi connectivity index (χ4v) is 14.2. The predicted molar refractivity (Wildman–Crippen MR) is 414 cm³/mol. The molecule has 600 valence electrons. The fraction of sp³-hybridized carbons (Fsp3) is 0.951. The summed E-state index contributed by atoms with van der Waals surface area (Å²) < 4.78 is 68.8. The van der Waals surface area contributed by atoms with Crippen LogP contribution >= 0.6 is 15.6 Å². The summed E-state index contributed by atoms with van der Waals surface area (Å²) in [7, 11) is -9.92. The minimum atomic E-state index is -4.96. The Bertz CT molecular complexity index is 1960. The van der Waals surface area contributed by atoms with Crippen molar-refractivity contribution < 1.29 is 80.2 Å². The van der Waals surface area contributed by atoms with Crippen LogP contribution in [-0.4, -0.2) is 96.7 Å². The van der Waals surface area contributed by atoms with Crippen LogP contribution in [0.3, 0.4) is 0 Å². The number of phosphoric acid groups is 2. The molecule has 3 N–H and O–H groups in total. The topological polar surface area (TPSA) is 237 Å². The Labute approximate surface area is 619 Å². The second-order valence-electron chi connectivity index (χ2n) is 30.9. The maximum atomic E-state index is 13.1. The molecule has 0 aromatic carbocycles. The van der Waals surface area contributed by atoms with Crippen LogP contribution in [0.5, 0.6) is 0 Å². The Kier molecular flexibility index (Phi) is 70.9. The van der Waals surface area contributed by atoms with Gasteiger partial charge in [0.15, 0.2) is 12.2 Å². The first-order valence-corrected chi connectivity index (χ1v) is 45.3. The smallest absolute Gasteiger partial charge is 0.462 e. The first kappa shape index (κ1) is 99.1. The van der Waals surface area contributed by atoms with Gasteiger partial charge in [-0.05, 0) is 43.4 Å². The van der Waals surface area contributed by atoms with Crippen molar-refractivity contribution in [2.75, 3.05) is 39.6 Å². The Balaban J connectivity index is 5.26. The van der Waals surface area contributed by atoms with Crippen molar-refractivity contribution in [3.63, 3.8) is 0 Å². The SMILES string of the molecule is CCCCCCCCCCCCCCCCCCCCC(=O)O[C@H](COC(=O)CCCCCCCCCCCCCCCCC(C)C)COP(=O)(O)OC[C@@H](O)COP(=O)(O)OC[C@@H](COC(=O)CCCCCCCCCCCC(C)C)OC(=O)CCCCCCCCCCCCCC(C)C. The molecule has 0 fully saturated rings. The number of ether oxygens (including phenoxy) is 4. The normalized spacial score (nSPS) is 14.0. The summed E-state index contributed by atoms with van der Waals surface area (Å²) >= 11 is 0. The van der Waals surface area contributed by atoms with Crippen molar-refractivity contribution in [1.82, 2.24) is 0 Å². The highest BCUT2D eigenvalue weighted by molar-refractivity contribution is 7.47. The second kappa shape index (κ2) is 72.3. The summed E-state index contributed by atoms with van der Waals surface area (Å²) in [5, 5.41) is 10.7. The molecular weight excluding hydrogens is 1320 g/mol. The van der Waals surface area contributed by atoms with Crippen molar-refractivity contribution in [3.05, 3.63) is 0 Å². The number of unbranched alkanes of at least 4 members (excludes halogenated alkanes) is 48. The molecule has 0 rings (SSSR count). The average molecular weight is 1480 g/mol. The second-order valence-corrected chi connectivity index (χ2v) is 33.8. The number of aliphatic hydroxyl groups excluding tert-OH is 1. The number of esters is 4. The van der Waals surface area contributed by atoms with Crippen molar-refractivity contribution in [3.8, 4) is 0 Å². The summed E-state index contributed by atoms with van der Waals surface area (Å²) in [4.78, 5) is 73.1. The van der Waals surface area contributed by atoms with Gasteiger partial charge in [0, 0.05) is 25.7 Å². The third kappa shape index (κ3) is 76.1. The van der Waals surface area contributed by atoms with Crippen LogP contribution in [0, 0.1) is 17.8 Å². The summed E-state index contributed by atoms with van der Waals surface area (Å²) in [6, 6.07) is 0. The van der Waals surface area contributed by atoms with E-state index in [2.05, 4.69) is 48.5 Å². The molecule has 0 aromatic rings. The number of phosphoric ester groups is 2. The van der Waals surface area contributed by atoms with Gasteiger partial charge in [-0.1, -0.05) is 376 Å². The van der Waals surface area contributed by atoms with E-state index in [0.717, 1.165) is 108 Å². The summed E-state index contributed by atoms with van der Waals surface area (Å²) in [5.74, 6) is 0.199. The third-order valence-electron chi connectivity index (χ3n) is 19.1. The Hall–Kier alpha value is -1.94. The van der Waals surface area contributed by atoms with E-state index in [4.69, 9.17) is 37.0 Å². The van der Waals surface area contributed by atoms with Crippen LogP contribution in [-0.2, 0) is 65.4 Å². The van der Waals surface area contributed by atoms with E-state index in [9.17, 15) is 43.2 Å². The quantitative estimate of drug-likeness (QED) is 0.0222. The highest BCUT2D eigenvalue weighted by Gasteiger charge is 2.30. The molecule has 0 bridgehead atoms. The van der Waals surface area contributed by atoms with Gasteiger partial charge in [0.1, 0.15) is 19.3 Å². The zero-order chi connectivity index (χ0) is 74.4. The van der Waals surface area contributed by atoms with Crippen molar-refractivity contribution >= 4 is 39.5 Å². The van der Waals surface area contributed by atoms with E-state index >= 15 is 0 Å². The van der Waals surface area contributed by atoms with Gasteiger partial charge in [0.25, 0.3) is 0 Å². The maximum absolute atomic E-state index is 13.1. The number of hydrogen-bond donors (Lipinski definition) is 3. The Morgan fingerprint density at radius 2 is 0.455 bits per heavy atom. The lowest BCUT2D eigenvalue weighted by Crippen LogP contribution is -2.30. The monoisotopic (exact) mass is 1480 g/mol. The molecule has 0 amide bonds. The van der Waals surface area contributed by atoms with Gasteiger partial charge in [0.2, 0.25) is 0 Å². The van der Waals surface area contributed by atoms with Crippen LogP contribution in [0.2, 0.25) is 0 Å². The average Bonchev–Trinajstić information content (AvgIpc) is 0.995. The minimum absolute atomic E-state index is 0.106. The van der Waals surface area contributed by atoms with Crippen LogP contribution in [0.4, 0.5) is 0 Å². The molecule has 17 nitrogen and oxygen atoms in total. The highest BCUT2D eigenvalue weighted by atomic mass is 31.2. The molecule has 0 aliphatic carbocycles. The Morgan fingerprint density at radius 1 is 0.267 bits per heavy atom. The summed E-state index contributed by atoms with van der Waals surface area (Å²) in [5.41, 5.74) is 0. The molecule has 5 atom stereocenters. The molecule has 0 radical (unpaired) electrons. The molecule has 19 heteroatoms. The first-order valence-electron chi connectivity index (χ1n) is 42.3. The van der Waals surface area contributed by atoms with E-state index in [0.29, 0.717) is 25.7 Å². The predicted octanol–water partition coefficient (Wildman–Crippen LogP) is 24.5. The zero-order valence-electron chi connectivity index (χ0n) is 66.4. The third-order valence-corrected chi connectivity index (χ3v) is 21.0. The largest absolute Gasteiger partial charge is 0.472 e. The molecule has 0 heterocycles. The molecule has 0 saturated carbocycles. The van der Waals surface area contributed by atoms with E-state index in [1.807, 2.05) is 0 Å². The van der Waals surface area contributed by atoms with Crippen molar-refractivity contribution in [1.29, 1.82) is 0 Å². The van der Waals surface area contributed by atoms with Crippen LogP contribution < -0.4 is 0 Å². The number of hydrogen-bond acceptors (Lipinski definition) is 15. The van der Waals surface area contributed by atoms with Gasteiger partial charge in [-0.2, -0.15) is 0 Å². The number of carbonyl (C=O) groups is 4. The summed E-state index contributed by atoms with van der Waals surface area (Å²) in [6.07, 6.45) is 61.0. The molecule has 2 unspecified atom stereocenters. The van der Waals surface area contributed by atoms with Gasteiger partial charge < -0.3 is 33.8 Å². The number of rotatable bonds is 80. The lowest BCUT2D eigenvalue weighted by atomic mass is 10.0. The van der Waals surface area contributed by atoms with E-state index in [1.54, 1.807) is 0 Å².